The van der Waals surface area contributed by atoms with Crippen molar-refractivity contribution < 1.29 is 19.8 Å². The van der Waals surface area contributed by atoms with Crippen molar-refractivity contribution in [2.24, 2.45) is 5.41 Å². The molecule has 1 aromatic carbocycles. The van der Waals surface area contributed by atoms with Crippen LogP contribution in [0.1, 0.15) is 41.0 Å². The standard InChI is InChI=1S/C12H12O4/c1-12(2)5-8(15)9-6(13)3-4-7(14)10(9)11(12)16/h3-4,13-14H,5H2,1-2H3. The number of carbonyl (C=O) groups is 2. The second-order valence-corrected chi connectivity index (χ2v) is 4.67. The smallest absolute Gasteiger partial charge is 0.173 e. The Morgan fingerprint density at radius 2 is 1.56 bits per heavy atom. The maximum Gasteiger partial charge on any atom is 0.173 e. The quantitative estimate of drug-likeness (QED) is 0.655. The van der Waals surface area contributed by atoms with E-state index in [0.29, 0.717) is 0 Å². The Balaban J connectivity index is 2.78. The summed E-state index contributed by atoms with van der Waals surface area (Å²) in [7, 11) is 0. The van der Waals surface area contributed by atoms with Crippen molar-refractivity contribution in [1.29, 1.82) is 0 Å². The lowest BCUT2D eigenvalue weighted by Gasteiger charge is -2.29. The molecule has 0 saturated carbocycles. The van der Waals surface area contributed by atoms with Crippen molar-refractivity contribution in [3.63, 3.8) is 0 Å². The molecule has 0 radical (unpaired) electrons. The van der Waals surface area contributed by atoms with Gasteiger partial charge in [0.1, 0.15) is 11.5 Å². The monoisotopic (exact) mass is 220 g/mol. The van der Waals surface area contributed by atoms with Crippen LogP contribution in [-0.2, 0) is 0 Å². The van der Waals surface area contributed by atoms with Crippen molar-refractivity contribution in [1.82, 2.24) is 0 Å². The summed E-state index contributed by atoms with van der Waals surface area (Å²) in [4.78, 5) is 23.8. The zero-order valence-corrected chi connectivity index (χ0v) is 9.07. The van der Waals surface area contributed by atoms with Gasteiger partial charge in [-0.3, -0.25) is 9.59 Å². The van der Waals surface area contributed by atoms with Gasteiger partial charge in [0.05, 0.1) is 11.1 Å². The van der Waals surface area contributed by atoms with E-state index in [9.17, 15) is 19.8 Å². The van der Waals surface area contributed by atoms with Crippen LogP contribution >= 0.6 is 0 Å². The fraction of sp³-hybridized carbons (Fsp3) is 0.333. The second-order valence-electron chi connectivity index (χ2n) is 4.67. The highest BCUT2D eigenvalue weighted by atomic mass is 16.3. The van der Waals surface area contributed by atoms with Crippen LogP contribution < -0.4 is 0 Å². The minimum absolute atomic E-state index is 0.0514. The maximum absolute atomic E-state index is 12.0. The summed E-state index contributed by atoms with van der Waals surface area (Å²) >= 11 is 0. The second kappa shape index (κ2) is 3.07. The molecule has 4 nitrogen and oxygen atoms in total. The summed E-state index contributed by atoms with van der Waals surface area (Å²) in [6.45, 7) is 3.30. The SMILES string of the molecule is CC1(C)CC(=O)c2c(O)ccc(O)c2C1=O. The summed E-state index contributed by atoms with van der Waals surface area (Å²) in [6.07, 6.45) is 0.0514. The van der Waals surface area contributed by atoms with Gasteiger partial charge in [0.2, 0.25) is 0 Å². The Kier molecular flexibility index (Phi) is 2.05. The Bertz CT molecular complexity index is 500. The highest BCUT2D eigenvalue weighted by molar-refractivity contribution is 6.18. The van der Waals surface area contributed by atoms with Gasteiger partial charge < -0.3 is 10.2 Å². The van der Waals surface area contributed by atoms with Crippen molar-refractivity contribution in [3.05, 3.63) is 23.3 Å². The Hall–Kier alpha value is -1.84. The van der Waals surface area contributed by atoms with E-state index in [4.69, 9.17) is 0 Å². The number of ketones is 2. The Morgan fingerprint density at radius 3 is 2.12 bits per heavy atom. The van der Waals surface area contributed by atoms with Gasteiger partial charge in [-0.25, -0.2) is 0 Å². The average Bonchev–Trinajstić information content (AvgIpc) is 2.17. The fourth-order valence-corrected chi connectivity index (χ4v) is 2.00. The van der Waals surface area contributed by atoms with Crippen LogP contribution in [-0.4, -0.2) is 21.8 Å². The number of phenols is 2. The molecule has 16 heavy (non-hydrogen) atoms. The van der Waals surface area contributed by atoms with E-state index in [2.05, 4.69) is 0 Å². The first-order chi connectivity index (χ1) is 7.34. The maximum atomic E-state index is 12.0. The molecule has 0 atom stereocenters. The molecule has 0 heterocycles. The molecule has 0 bridgehead atoms. The molecule has 2 rings (SSSR count). The molecular formula is C12H12O4. The minimum atomic E-state index is -0.824. The van der Waals surface area contributed by atoms with Gasteiger partial charge in [0.25, 0.3) is 0 Å². The van der Waals surface area contributed by atoms with E-state index in [-0.39, 0.29) is 40.6 Å². The summed E-state index contributed by atoms with van der Waals surface area (Å²) < 4.78 is 0. The van der Waals surface area contributed by atoms with E-state index in [1.165, 1.54) is 12.1 Å². The van der Waals surface area contributed by atoms with Crippen LogP contribution in [0.3, 0.4) is 0 Å². The summed E-state index contributed by atoms with van der Waals surface area (Å²) in [5.41, 5.74) is -0.930. The molecule has 0 spiro atoms. The van der Waals surface area contributed by atoms with E-state index in [0.717, 1.165) is 0 Å². The molecule has 84 valence electrons. The van der Waals surface area contributed by atoms with Crippen LogP contribution in [0, 0.1) is 5.41 Å². The van der Waals surface area contributed by atoms with Crippen LogP contribution in [0.4, 0.5) is 0 Å². The third-order valence-corrected chi connectivity index (χ3v) is 2.88. The molecule has 0 unspecified atom stereocenters. The van der Waals surface area contributed by atoms with E-state index in [1.54, 1.807) is 13.8 Å². The lowest BCUT2D eigenvalue weighted by atomic mass is 9.72. The number of aromatic hydroxyl groups is 2. The predicted molar refractivity (Wildman–Crippen MR) is 56.8 cm³/mol. The molecule has 1 aliphatic carbocycles. The first-order valence-electron chi connectivity index (χ1n) is 4.97. The number of fused-ring (bicyclic) bond motifs is 1. The van der Waals surface area contributed by atoms with E-state index < -0.39 is 5.41 Å². The van der Waals surface area contributed by atoms with Gasteiger partial charge in [-0.05, 0) is 12.1 Å². The van der Waals surface area contributed by atoms with Crippen molar-refractivity contribution in [2.45, 2.75) is 20.3 Å². The zero-order chi connectivity index (χ0) is 12.1. The number of benzene rings is 1. The molecule has 1 aliphatic rings. The molecule has 0 saturated heterocycles. The molecule has 4 heteroatoms. The first kappa shape index (κ1) is 10.7. The molecule has 1 aromatic rings. The van der Waals surface area contributed by atoms with Gasteiger partial charge in [-0.2, -0.15) is 0 Å². The predicted octanol–water partition coefficient (Wildman–Crippen LogP) is 1.89. The third-order valence-electron chi connectivity index (χ3n) is 2.88. The molecule has 0 aliphatic heterocycles. The van der Waals surface area contributed by atoms with Crippen LogP contribution in [0.25, 0.3) is 0 Å². The largest absolute Gasteiger partial charge is 0.507 e. The van der Waals surface area contributed by atoms with Crippen molar-refractivity contribution in [2.75, 3.05) is 0 Å². The number of Topliss-reactive ketones (excluding diaryl/α,β-unsaturated/α-hetero) is 2. The number of rotatable bonds is 0. The van der Waals surface area contributed by atoms with Gasteiger partial charge in [0.15, 0.2) is 11.6 Å². The lowest BCUT2D eigenvalue weighted by molar-refractivity contribution is 0.0732. The highest BCUT2D eigenvalue weighted by Crippen LogP contribution is 2.41. The van der Waals surface area contributed by atoms with E-state index >= 15 is 0 Å². The topological polar surface area (TPSA) is 74.6 Å². The normalized spacial score (nSPS) is 18.4. The van der Waals surface area contributed by atoms with Gasteiger partial charge in [-0.15, -0.1) is 0 Å². The fourth-order valence-electron chi connectivity index (χ4n) is 2.00. The zero-order valence-electron chi connectivity index (χ0n) is 9.07. The third kappa shape index (κ3) is 1.30. The first-order valence-corrected chi connectivity index (χ1v) is 4.97. The summed E-state index contributed by atoms with van der Waals surface area (Å²) in [5.74, 6) is -1.12. The minimum Gasteiger partial charge on any atom is -0.507 e. The molecule has 0 aromatic heterocycles. The number of carbonyl (C=O) groups excluding carboxylic acids is 2. The van der Waals surface area contributed by atoms with Crippen LogP contribution in [0.5, 0.6) is 11.5 Å². The van der Waals surface area contributed by atoms with Crippen molar-refractivity contribution in [3.8, 4) is 11.5 Å². The molecule has 2 N–H and O–H groups in total. The highest BCUT2D eigenvalue weighted by Gasteiger charge is 2.41. The van der Waals surface area contributed by atoms with Gasteiger partial charge in [-0.1, -0.05) is 13.8 Å². The molecule has 0 amide bonds. The Labute approximate surface area is 92.5 Å². The molecular weight excluding hydrogens is 208 g/mol. The van der Waals surface area contributed by atoms with E-state index in [1.807, 2.05) is 0 Å². The van der Waals surface area contributed by atoms with Gasteiger partial charge in [0, 0.05) is 11.8 Å². The average molecular weight is 220 g/mol. The molecule has 0 fully saturated rings. The number of hydrogen-bond donors (Lipinski definition) is 2. The summed E-state index contributed by atoms with van der Waals surface area (Å²) in [5, 5.41) is 19.2. The number of hydrogen-bond acceptors (Lipinski definition) is 4. The van der Waals surface area contributed by atoms with Gasteiger partial charge >= 0.3 is 0 Å². The van der Waals surface area contributed by atoms with Crippen molar-refractivity contribution >= 4 is 11.6 Å². The Morgan fingerprint density at radius 1 is 1.06 bits per heavy atom. The van der Waals surface area contributed by atoms with Crippen LogP contribution in [0.2, 0.25) is 0 Å². The van der Waals surface area contributed by atoms with Crippen LogP contribution in [0.15, 0.2) is 12.1 Å². The number of phenolic OH excluding ortho intramolecular Hbond substituents is 2. The lowest BCUT2D eigenvalue weighted by Crippen LogP contribution is -2.34. The summed E-state index contributed by atoms with van der Waals surface area (Å²) in [6, 6.07) is 2.44.